The fourth-order valence-corrected chi connectivity index (χ4v) is 1.97. The van der Waals surface area contributed by atoms with Crippen molar-refractivity contribution in [3.63, 3.8) is 0 Å². The normalized spacial score (nSPS) is 12.5. The van der Waals surface area contributed by atoms with Crippen LogP contribution >= 0.6 is 0 Å². The Morgan fingerprint density at radius 1 is 1.06 bits per heavy atom. The highest BCUT2D eigenvalue weighted by Crippen LogP contribution is 2.23. The van der Waals surface area contributed by atoms with E-state index in [0.29, 0.717) is 0 Å². The molecule has 0 radical (unpaired) electrons. The monoisotopic (exact) mass is 229 g/mol. The average Bonchev–Trinajstić information content (AvgIpc) is 2.69. The third-order valence-corrected chi connectivity index (χ3v) is 2.94. The number of anilines is 1. The summed E-state index contributed by atoms with van der Waals surface area (Å²) in [5, 5.41) is 3.47. The van der Waals surface area contributed by atoms with Gasteiger partial charge >= 0.3 is 0 Å². The minimum Gasteiger partial charge on any atom is -0.464 e. The first-order valence-corrected chi connectivity index (χ1v) is 5.96. The van der Waals surface area contributed by atoms with E-state index < -0.39 is 0 Å². The van der Waals surface area contributed by atoms with Gasteiger partial charge in [0, 0.05) is 5.69 Å². The standard InChI is InChI=1S/C15H19NO/c1-10-5-7-14(11(2)9-10)16-13(4)15-8-6-12(3)17-15/h5-9,13,16H,1-4H3. The summed E-state index contributed by atoms with van der Waals surface area (Å²) >= 11 is 0. The maximum atomic E-state index is 5.62. The highest BCUT2D eigenvalue weighted by molar-refractivity contribution is 5.52. The van der Waals surface area contributed by atoms with Crippen LogP contribution < -0.4 is 5.32 Å². The molecule has 1 aromatic carbocycles. The molecular formula is C15H19NO. The highest BCUT2D eigenvalue weighted by Gasteiger charge is 2.10. The topological polar surface area (TPSA) is 25.2 Å². The number of aryl methyl sites for hydroxylation is 3. The van der Waals surface area contributed by atoms with Crippen molar-refractivity contribution < 1.29 is 4.42 Å². The zero-order chi connectivity index (χ0) is 12.4. The lowest BCUT2D eigenvalue weighted by molar-refractivity contribution is 0.467. The fraction of sp³-hybridized carbons (Fsp3) is 0.333. The van der Waals surface area contributed by atoms with E-state index in [1.54, 1.807) is 0 Å². The molecule has 0 amide bonds. The van der Waals surface area contributed by atoms with Crippen LogP contribution in [0, 0.1) is 20.8 Å². The average molecular weight is 229 g/mol. The van der Waals surface area contributed by atoms with Gasteiger partial charge in [0.05, 0.1) is 6.04 Å². The molecule has 0 spiro atoms. The third-order valence-electron chi connectivity index (χ3n) is 2.94. The molecule has 2 rings (SSSR count). The molecule has 0 aliphatic heterocycles. The van der Waals surface area contributed by atoms with E-state index in [-0.39, 0.29) is 6.04 Å². The van der Waals surface area contributed by atoms with Crippen LogP contribution in [0.5, 0.6) is 0 Å². The molecule has 0 aliphatic rings. The summed E-state index contributed by atoms with van der Waals surface area (Å²) in [5.41, 5.74) is 3.71. The van der Waals surface area contributed by atoms with E-state index in [1.165, 1.54) is 11.1 Å². The van der Waals surface area contributed by atoms with E-state index >= 15 is 0 Å². The quantitative estimate of drug-likeness (QED) is 0.845. The first-order valence-electron chi connectivity index (χ1n) is 5.96. The van der Waals surface area contributed by atoms with Crippen LogP contribution in [0.15, 0.2) is 34.7 Å². The van der Waals surface area contributed by atoms with Crippen LogP contribution in [0.3, 0.4) is 0 Å². The molecule has 1 aromatic heterocycles. The molecule has 1 unspecified atom stereocenters. The summed E-state index contributed by atoms with van der Waals surface area (Å²) in [7, 11) is 0. The van der Waals surface area contributed by atoms with Crippen molar-refractivity contribution in [2.45, 2.75) is 33.7 Å². The SMILES string of the molecule is Cc1ccc(NC(C)c2ccc(C)o2)c(C)c1. The van der Waals surface area contributed by atoms with Gasteiger partial charge in [0.15, 0.2) is 0 Å². The fourth-order valence-electron chi connectivity index (χ4n) is 1.97. The van der Waals surface area contributed by atoms with Gasteiger partial charge in [-0.05, 0) is 51.5 Å². The van der Waals surface area contributed by atoms with Gasteiger partial charge in [-0.15, -0.1) is 0 Å². The van der Waals surface area contributed by atoms with Crippen LogP contribution in [0.25, 0.3) is 0 Å². The van der Waals surface area contributed by atoms with Gasteiger partial charge in [-0.3, -0.25) is 0 Å². The summed E-state index contributed by atoms with van der Waals surface area (Å²) in [4.78, 5) is 0. The molecule has 1 atom stereocenters. The zero-order valence-corrected chi connectivity index (χ0v) is 10.9. The molecule has 0 aliphatic carbocycles. The summed E-state index contributed by atoms with van der Waals surface area (Å²) in [6.07, 6.45) is 0. The Kier molecular flexibility index (Phi) is 3.23. The predicted molar refractivity (Wildman–Crippen MR) is 71.4 cm³/mol. The van der Waals surface area contributed by atoms with Crippen molar-refractivity contribution >= 4 is 5.69 Å². The largest absolute Gasteiger partial charge is 0.464 e. The van der Waals surface area contributed by atoms with E-state index in [2.05, 4.69) is 44.3 Å². The number of furan rings is 1. The number of nitrogens with one attached hydrogen (secondary N) is 1. The molecular weight excluding hydrogens is 210 g/mol. The van der Waals surface area contributed by atoms with Crippen molar-refractivity contribution in [3.8, 4) is 0 Å². The van der Waals surface area contributed by atoms with Gasteiger partial charge in [-0.1, -0.05) is 17.7 Å². The molecule has 0 fully saturated rings. The zero-order valence-electron chi connectivity index (χ0n) is 10.9. The molecule has 1 heterocycles. The van der Waals surface area contributed by atoms with Crippen LogP contribution in [0.1, 0.15) is 35.6 Å². The second kappa shape index (κ2) is 4.66. The Labute approximate surface area is 103 Å². The summed E-state index contributed by atoms with van der Waals surface area (Å²) in [5.74, 6) is 1.93. The minimum atomic E-state index is 0.185. The molecule has 2 nitrogen and oxygen atoms in total. The predicted octanol–water partition coefficient (Wildman–Crippen LogP) is 4.38. The molecule has 1 N–H and O–H groups in total. The van der Waals surface area contributed by atoms with Crippen LogP contribution in [-0.4, -0.2) is 0 Å². The number of hydrogen-bond donors (Lipinski definition) is 1. The maximum absolute atomic E-state index is 5.62. The van der Waals surface area contributed by atoms with Crippen molar-refractivity contribution in [2.24, 2.45) is 0 Å². The summed E-state index contributed by atoms with van der Waals surface area (Å²) < 4.78 is 5.62. The van der Waals surface area contributed by atoms with Crippen LogP contribution in [0.4, 0.5) is 5.69 Å². The molecule has 17 heavy (non-hydrogen) atoms. The molecule has 0 saturated carbocycles. The van der Waals surface area contributed by atoms with Gasteiger partial charge in [0.2, 0.25) is 0 Å². The van der Waals surface area contributed by atoms with E-state index in [0.717, 1.165) is 17.2 Å². The Balaban J connectivity index is 2.15. The van der Waals surface area contributed by atoms with Crippen molar-refractivity contribution in [3.05, 3.63) is 53.0 Å². The Hall–Kier alpha value is -1.70. The van der Waals surface area contributed by atoms with Gasteiger partial charge in [-0.25, -0.2) is 0 Å². The summed E-state index contributed by atoms with van der Waals surface area (Å²) in [6, 6.07) is 10.6. The lowest BCUT2D eigenvalue weighted by Gasteiger charge is -2.15. The molecule has 2 aromatic rings. The Bertz CT molecular complexity index is 513. The van der Waals surface area contributed by atoms with Gasteiger partial charge in [-0.2, -0.15) is 0 Å². The van der Waals surface area contributed by atoms with E-state index in [4.69, 9.17) is 4.42 Å². The van der Waals surface area contributed by atoms with Crippen LogP contribution in [0.2, 0.25) is 0 Å². The number of hydrogen-bond acceptors (Lipinski definition) is 2. The molecule has 0 saturated heterocycles. The van der Waals surface area contributed by atoms with Crippen molar-refractivity contribution in [1.29, 1.82) is 0 Å². The molecule has 2 heteroatoms. The number of rotatable bonds is 3. The second-order valence-corrected chi connectivity index (χ2v) is 4.63. The first-order chi connectivity index (χ1) is 8.06. The minimum absolute atomic E-state index is 0.185. The van der Waals surface area contributed by atoms with Crippen molar-refractivity contribution in [2.75, 3.05) is 5.32 Å². The van der Waals surface area contributed by atoms with Crippen molar-refractivity contribution in [1.82, 2.24) is 0 Å². The first kappa shape index (κ1) is 11.8. The maximum Gasteiger partial charge on any atom is 0.126 e. The van der Waals surface area contributed by atoms with E-state index in [9.17, 15) is 0 Å². The van der Waals surface area contributed by atoms with E-state index in [1.807, 2.05) is 19.1 Å². The Morgan fingerprint density at radius 3 is 2.41 bits per heavy atom. The lowest BCUT2D eigenvalue weighted by atomic mass is 10.1. The van der Waals surface area contributed by atoms with Gasteiger partial charge in [0.1, 0.15) is 11.5 Å². The highest BCUT2D eigenvalue weighted by atomic mass is 16.3. The number of benzene rings is 1. The third kappa shape index (κ3) is 2.70. The van der Waals surface area contributed by atoms with Gasteiger partial charge < -0.3 is 9.73 Å². The lowest BCUT2D eigenvalue weighted by Crippen LogP contribution is -2.06. The smallest absolute Gasteiger partial charge is 0.126 e. The van der Waals surface area contributed by atoms with Crippen LogP contribution in [-0.2, 0) is 0 Å². The molecule has 0 bridgehead atoms. The summed E-state index contributed by atoms with van der Waals surface area (Å²) in [6.45, 7) is 8.30. The Morgan fingerprint density at radius 2 is 1.82 bits per heavy atom. The molecule has 90 valence electrons. The van der Waals surface area contributed by atoms with Gasteiger partial charge in [0.25, 0.3) is 0 Å². The second-order valence-electron chi connectivity index (χ2n) is 4.63.